The number of fused-ring (bicyclic) bond motifs is 2. The summed E-state index contributed by atoms with van der Waals surface area (Å²) in [6.07, 6.45) is -2.42. The Kier molecular flexibility index (Phi) is 6.65. The summed E-state index contributed by atoms with van der Waals surface area (Å²) < 4.78 is 41.6. The number of pyridine rings is 2. The highest BCUT2D eigenvalue weighted by atomic mass is 32.1. The second kappa shape index (κ2) is 9.77. The van der Waals surface area contributed by atoms with Gasteiger partial charge in [0.25, 0.3) is 5.91 Å². The lowest BCUT2D eigenvalue weighted by atomic mass is 10.0. The largest absolute Gasteiger partial charge is 0.417 e. The molecule has 5 rings (SSSR count). The zero-order chi connectivity index (χ0) is 26.3. The molecule has 8 nitrogen and oxygen atoms in total. The van der Waals surface area contributed by atoms with Crippen LogP contribution in [0.5, 0.6) is 0 Å². The van der Waals surface area contributed by atoms with Crippen molar-refractivity contribution in [2.75, 3.05) is 30.3 Å². The molecule has 3 aromatic heterocycles. The molecule has 1 unspecified atom stereocenters. The third-order valence-electron chi connectivity index (χ3n) is 6.68. The molecule has 1 aromatic carbocycles. The molecule has 0 radical (unpaired) electrons. The molecule has 1 atom stereocenters. The van der Waals surface area contributed by atoms with E-state index in [1.54, 1.807) is 17.2 Å². The Morgan fingerprint density at radius 2 is 1.97 bits per heavy atom. The van der Waals surface area contributed by atoms with Gasteiger partial charge in [0.05, 0.1) is 22.9 Å². The SMILES string of the molecule is NC(=O)c1sc2nc(N3CCC(NCC(O)c4ccnc5ccccc45)CC3)cc(C(F)(F)F)c2c1N. The van der Waals surface area contributed by atoms with E-state index in [1.165, 1.54) is 0 Å². The van der Waals surface area contributed by atoms with Gasteiger partial charge in [0.2, 0.25) is 0 Å². The Labute approximate surface area is 214 Å². The Hall–Kier alpha value is -3.48. The van der Waals surface area contributed by atoms with Crippen LogP contribution in [0.25, 0.3) is 21.1 Å². The number of aliphatic hydroxyl groups is 1. The van der Waals surface area contributed by atoms with Gasteiger partial charge in [0, 0.05) is 42.6 Å². The highest BCUT2D eigenvalue weighted by molar-refractivity contribution is 7.21. The first-order chi connectivity index (χ1) is 17.6. The fourth-order valence-electron chi connectivity index (χ4n) is 4.79. The van der Waals surface area contributed by atoms with Gasteiger partial charge in [0.15, 0.2) is 0 Å². The number of amides is 1. The van der Waals surface area contributed by atoms with Crippen LogP contribution in [0.1, 0.15) is 39.7 Å². The zero-order valence-corrected chi connectivity index (χ0v) is 20.4. The van der Waals surface area contributed by atoms with Gasteiger partial charge >= 0.3 is 6.18 Å². The number of carbonyl (C=O) groups excluding carboxylic acids is 1. The van der Waals surface area contributed by atoms with Crippen molar-refractivity contribution < 1.29 is 23.1 Å². The number of para-hydroxylation sites is 1. The first-order valence-electron chi connectivity index (χ1n) is 11.7. The van der Waals surface area contributed by atoms with Gasteiger partial charge in [-0.05, 0) is 36.6 Å². The number of nitrogens with two attached hydrogens (primary N) is 2. The lowest BCUT2D eigenvalue weighted by Crippen LogP contribution is -2.44. The summed E-state index contributed by atoms with van der Waals surface area (Å²) in [6.45, 7) is 1.29. The molecule has 0 spiro atoms. The minimum absolute atomic E-state index is 0.0315. The van der Waals surface area contributed by atoms with Crippen LogP contribution < -0.4 is 21.7 Å². The highest BCUT2D eigenvalue weighted by Gasteiger charge is 2.37. The normalized spacial score (nSPS) is 15.9. The molecule has 1 amide bonds. The second-order valence-corrected chi connectivity index (χ2v) is 10.0. The monoisotopic (exact) mass is 530 g/mol. The number of carbonyl (C=O) groups is 1. The molecule has 37 heavy (non-hydrogen) atoms. The van der Waals surface area contributed by atoms with Crippen molar-refractivity contribution in [3.63, 3.8) is 0 Å². The lowest BCUT2D eigenvalue weighted by Gasteiger charge is -2.34. The van der Waals surface area contributed by atoms with Crippen molar-refractivity contribution in [3.8, 4) is 0 Å². The van der Waals surface area contributed by atoms with Crippen LogP contribution in [-0.4, -0.2) is 46.7 Å². The molecule has 1 aliphatic rings. The van der Waals surface area contributed by atoms with E-state index < -0.39 is 23.8 Å². The molecule has 0 saturated carbocycles. The van der Waals surface area contributed by atoms with Gasteiger partial charge in [-0.3, -0.25) is 9.78 Å². The molecule has 0 aliphatic carbocycles. The number of nitrogens with zero attached hydrogens (tertiary/aromatic N) is 3. The summed E-state index contributed by atoms with van der Waals surface area (Å²) in [7, 11) is 0. The lowest BCUT2D eigenvalue weighted by molar-refractivity contribution is -0.136. The molecule has 0 bridgehead atoms. The maximum Gasteiger partial charge on any atom is 0.417 e. The average molecular weight is 531 g/mol. The summed E-state index contributed by atoms with van der Waals surface area (Å²) in [4.78, 5) is 22.1. The van der Waals surface area contributed by atoms with Crippen LogP contribution in [0.3, 0.4) is 0 Å². The van der Waals surface area contributed by atoms with E-state index in [1.807, 2.05) is 24.3 Å². The van der Waals surface area contributed by atoms with Gasteiger partial charge in [0.1, 0.15) is 15.5 Å². The Bertz CT molecular complexity index is 1460. The number of thiophene rings is 1. The third kappa shape index (κ3) is 4.91. The maximum atomic E-state index is 13.9. The summed E-state index contributed by atoms with van der Waals surface area (Å²) in [5.41, 5.74) is 11.5. The van der Waals surface area contributed by atoms with Crippen molar-refractivity contribution in [2.24, 2.45) is 5.73 Å². The average Bonchev–Trinajstić information content (AvgIpc) is 3.22. The van der Waals surface area contributed by atoms with E-state index in [0.717, 1.165) is 33.9 Å². The van der Waals surface area contributed by atoms with Crippen LogP contribution in [0.15, 0.2) is 42.6 Å². The number of piperidine rings is 1. The second-order valence-electron chi connectivity index (χ2n) is 9.02. The van der Waals surface area contributed by atoms with Crippen LogP contribution in [0.2, 0.25) is 0 Å². The number of nitrogen functional groups attached to an aromatic ring is 1. The minimum atomic E-state index is -4.67. The molecule has 1 aliphatic heterocycles. The number of alkyl halides is 3. The van der Waals surface area contributed by atoms with Gasteiger partial charge in [-0.15, -0.1) is 11.3 Å². The first-order valence-corrected chi connectivity index (χ1v) is 12.5. The minimum Gasteiger partial charge on any atom is -0.397 e. The molecule has 1 saturated heterocycles. The van der Waals surface area contributed by atoms with Gasteiger partial charge in [-0.1, -0.05) is 18.2 Å². The molecule has 1 fully saturated rings. The molecule has 6 N–H and O–H groups in total. The predicted molar refractivity (Wildman–Crippen MR) is 137 cm³/mol. The first kappa shape index (κ1) is 25.2. The van der Waals surface area contributed by atoms with E-state index in [-0.39, 0.29) is 32.6 Å². The number of halogens is 3. The van der Waals surface area contributed by atoms with Gasteiger partial charge < -0.3 is 26.8 Å². The predicted octanol–water partition coefficient (Wildman–Crippen LogP) is 3.84. The van der Waals surface area contributed by atoms with Gasteiger partial charge in [-0.2, -0.15) is 13.2 Å². The maximum absolute atomic E-state index is 13.9. The Morgan fingerprint density at radius 1 is 1.24 bits per heavy atom. The van der Waals surface area contributed by atoms with E-state index in [9.17, 15) is 23.1 Å². The van der Waals surface area contributed by atoms with E-state index in [0.29, 0.717) is 32.5 Å². The Balaban J connectivity index is 1.28. The summed E-state index contributed by atoms with van der Waals surface area (Å²) in [5, 5.41) is 14.8. The summed E-state index contributed by atoms with van der Waals surface area (Å²) in [6, 6.07) is 10.5. The quantitative estimate of drug-likeness (QED) is 0.298. The number of primary amides is 1. The number of aromatic nitrogens is 2. The van der Waals surface area contributed by atoms with Crippen molar-refractivity contribution in [3.05, 3.63) is 58.6 Å². The zero-order valence-electron chi connectivity index (χ0n) is 19.6. The fraction of sp³-hybridized carbons (Fsp3) is 0.320. The number of rotatable bonds is 6. The van der Waals surface area contributed by atoms with Crippen molar-refractivity contribution >= 4 is 49.9 Å². The van der Waals surface area contributed by atoms with Crippen LogP contribution in [0.4, 0.5) is 24.7 Å². The number of hydrogen-bond acceptors (Lipinski definition) is 8. The highest BCUT2D eigenvalue weighted by Crippen LogP contribution is 2.43. The number of benzene rings is 1. The number of aliphatic hydroxyl groups excluding tert-OH is 1. The number of nitrogens with one attached hydrogen (secondary N) is 1. The van der Waals surface area contributed by atoms with E-state index in [4.69, 9.17) is 11.5 Å². The van der Waals surface area contributed by atoms with E-state index in [2.05, 4.69) is 15.3 Å². The van der Waals surface area contributed by atoms with Crippen molar-refractivity contribution in [1.29, 1.82) is 0 Å². The van der Waals surface area contributed by atoms with Crippen LogP contribution in [-0.2, 0) is 6.18 Å². The number of hydrogen-bond donors (Lipinski definition) is 4. The Morgan fingerprint density at radius 3 is 2.68 bits per heavy atom. The van der Waals surface area contributed by atoms with Crippen LogP contribution in [0, 0.1) is 0 Å². The molecular formula is C25H25F3N6O2S. The van der Waals surface area contributed by atoms with Crippen molar-refractivity contribution in [2.45, 2.75) is 31.2 Å². The summed E-state index contributed by atoms with van der Waals surface area (Å²) in [5.74, 6) is -0.706. The number of anilines is 2. The smallest absolute Gasteiger partial charge is 0.397 e. The molecular weight excluding hydrogens is 505 g/mol. The summed E-state index contributed by atoms with van der Waals surface area (Å²) >= 11 is 0.769. The molecule has 4 heterocycles. The van der Waals surface area contributed by atoms with Crippen molar-refractivity contribution in [1.82, 2.24) is 15.3 Å². The van der Waals surface area contributed by atoms with E-state index >= 15 is 0 Å². The third-order valence-corrected chi connectivity index (χ3v) is 7.79. The topological polar surface area (TPSA) is 130 Å². The molecule has 194 valence electrons. The standard InChI is InChI=1S/C25H25F3N6O2S/c26-25(27,28)16-11-19(33-24-20(16)21(29)22(37-24)23(30)36)34-9-6-13(7-10-34)32-12-18(35)15-5-8-31-17-4-2-1-3-14(15)17/h1-5,8,11,13,18,32,35H,6-7,9-10,12,29H2,(H2,30,36). The molecule has 12 heteroatoms. The fourth-order valence-corrected chi connectivity index (χ4v) is 5.75. The molecule has 4 aromatic rings. The van der Waals surface area contributed by atoms with Gasteiger partial charge in [-0.25, -0.2) is 4.98 Å². The van der Waals surface area contributed by atoms with Crippen LogP contribution >= 0.6 is 11.3 Å².